The minimum atomic E-state index is -1.50. The van der Waals surface area contributed by atoms with Crippen molar-refractivity contribution < 1.29 is 68.1 Å². The number of rotatable bonds is 35. The van der Waals surface area contributed by atoms with E-state index in [1.54, 1.807) is 85.7 Å². The summed E-state index contributed by atoms with van der Waals surface area (Å²) in [5.74, 6) is -12.1. The molecule has 0 saturated carbocycles. The molecule has 0 unspecified atom stereocenters. The second-order valence-electron chi connectivity index (χ2n) is 19.7. The molecule has 10 atom stereocenters. The Bertz CT molecular complexity index is 2060. The van der Waals surface area contributed by atoms with Crippen molar-refractivity contribution in [2.75, 3.05) is 6.54 Å². The number of carboxylic acid groups (broad SMARTS) is 3. The first kappa shape index (κ1) is 65.3. The van der Waals surface area contributed by atoms with E-state index in [2.05, 4.69) is 42.5 Å². The summed E-state index contributed by atoms with van der Waals surface area (Å²) in [6, 6.07) is -3.01. The fourth-order valence-electron chi connectivity index (χ4n) is 7.46. The molecule has 1 rings (SSSR count). The number of unbranched alkanes of at least 4 members (excludes halogenated alkanes) is 1. The Kier molecular flexibility index (Phi) is 29.3. The number of benzene rings is 1. The summed E-state index contributed by atoms with van der Waals surface area (Å²) in [5.41, 5.74) is 12.2. The predicted molar refractivity (Wildman–Crippen MR) is 272 cm³/mol. The van der Waals surface area contributed by atoms with E-state index in [4.69, 9.17) is 16.6 Å². The molecule has 416 valence electrons. The summed E-state index contributed by atoms with van der Waals surface area (Å²) in [7, 11) is 0. The van der Waals surface area contributed by atoms with Crippen LogP contribution in [0, 0.1) is 23.7 Å². The maximum atomic E-state index is 14.2. The largest absolute Gasteiger partial charge is 0.481 e. The van der Waals surface area contributed by atoms with E-state index in [1.165, 1.54) is 6.92 Å². The summed E-state index contributed by atoms with van der Waals surface area (Å²) in [4.78, 5) is 144. The number of amides is 8. The summed E-state index contributed by atoms with van der Waals surface area (Å²) >= 11 is 0. The first-order valence-corrected chi connectivity index (χ1v) is 25.2. The Morgan fingerprint density at radius 1 is 0.500 bits per heavy atom. The summed E-state index contributed by atoms with van der Waals surface area (Å²) < 4.78 is 0. The SMILES string of the molecule is CC[C@H](C)[C@H](NC(=O)[C@H](CC(C)C)NC(=O)[C@H](CCCCN)NC(=O)[C@H](CCC(=O)O)NC(=O)[C@@H](N)CCC(=O)O)C(=O)N[C@H](C(=O)N[C@H](C(=O)N[C@@H](C)C(=O)N[C@@H](Cc1ccccc1)C(=O)O)C(C)C)C(C)C. The van der Waals surface area contributed by atoms with Crippen molar-refractivity contribution in [2.45, 2.75) is 181 Å². The third kappa shape index (κ3) is 23.9. The Labute approximate surface area is 433 Å². The number of carboxylic acids is 3. The average Bonchev–Trinajstić information content (AvgIpc) is 3.32. The molecular weight excluding hydrogens is 965 g/mol. The standard InChI is InChI=1S/C50H82N10O14/c1-10-29(8)41(49(72)59-40(28(6)7)48(71)58-39(27(4)5)47(70)53-30(9)42(65)57-36(50(73)74)25-31-16-12-11-13-17-31)60-46(69)35(24-26(2)3)56-44(67)33(18-14-15-23-51)55-45(68)34(20-22-38(63)64)54-43(66)32(52)19-21-37(61)62/h11-13,16-17,26-30,32-36,39-41H,10,14-15,18-25,51-52H2,1-9H3,(H,53,70)(H,54,66)(H,55,68)(H,56,67)(H,57,65)(H,58,71)(H,59,72)(H,60,69)(H,61,62)(H,63,64)(H,73,74)/t29-,30-,32-,33-,34-,35-,36-,39-,40-,41-/m0/s1. The highest BCUT2D eigenvalue weighted by molar-refractivity contribution is 5.98. The Balaban J connectivity index is 3.33. The van der Waals surface area contributed by atoms with Gasteiger partial charge in [-0.25, -0.2) is 4.79 Å². The van der Waals surface area contributed by atoms with Gasteiger partial charge in [0.2, 0.25) is 47.3 Å². The average molecular weight is 1050 g/mol. The van der Waals surface area contributed by atoms with Crippen LogP contribution in [0.4, 0.5) is 0 Å². The topological polar surface area (TPSA) is 397 Å². The van der Waals surface area contributed by atoms with Crippen LogP contribution in [0.25, 0.3) is 0 Å². The molecule has 24 nitrogen and oxygen atoms in total. The highest BCUT2D eigenvalue weighted by atomic mass is 16.4. The van der Waals surface area contributed by atoms with Gasteiger partial charge in [-0.3, -0.25) is 47.9 Å². The third-order valence-electron chi connectivity index (χ3n) is 12.1. The molecule has 24 heteroatoms. The van der Waals surface area contributed by atoms with Crippen molar-refractivity contribution in [1.82, 2.24) is 42.5 Å². The van der Waals surface area contributed by atoms with Gasteiger partial charge < -0.3 is 69.3 Å². The molecule has 0 aliphatic rings. The van der Waals surface area contributed by atoms with E-state index in [-0.39, 0.29) is 38.1 Å². The number of nitrogens with one attached hydrogen (secondary N) is 8. The molecule has 8 amide bonds. The minimum absolute atomic E-state index is 0.00703. The molecule has 0 aliphatic carbocycles. The Hall–Kier alpha value is -6.69. The number of carbonyl (C=O) groups excluding carboxylic acids is 8. The molecule has 74 heavy (non-hydrogen) atoms. The van der Waals surface area contributed by atoms with Gasteiger partial charge in [-0.1, -0.05) is 92.1 Å². The summed E-state index contributed by atoms with van der Waals surface area (Å²) in [6.45, 7) is 15.3. The third-order valence-corrected chi connectivity index (χ3v) is 12.1. The van der Waals surface area contributed by atoms with Crippen LogP contribution in [-0.2, 0) is 59.2 Å². The van der Waals surface area contributed by atoms with Crippen molar-refractivity contribution >= 4 is 65.2 Å². The van der Waals surface area contributed by atoms with Gasteiger partial charge in [0.05, 0.1) is 6.04 Å². The Morgan fingerprint density at radius 3 is 1.43 bits per heavy atom. The van der Waals surface area contributed by atoms with Gasteiger partial charge in [0.15, 0.2) is 0 Å². The molecule has 15 N–H and O–H groups in total. The number of carbonyl (C=O) groups is 11. The fourth-order valence-corrected chi connectivity index (χ4v) is 7.46. The summed E-state index contributed by atoms with van der Waals surface area (Å²) in [6.07, 6.45) is -0.501. The normalized spacial score (nSPS) is 15.3. The molecule has 1 aromatic carbocycles. The lowest BCUT2D eigenvalue weighted by molar-refractivity contribution is -0.142. The van der Waals surface area contributed by atoms with Gasteiger partial charge >= 0.3 is 17.9 Å². The quantitative estimate of drug-likeness (QED) is 0.0392. The lowest BCUT2D eigenvalue weighted by Crippen LogP contribution is -2.62. The van der Waals surface area contributed by atoms with Gasteiger partial charge in [0.25, 0.3) is 0 Å². The number of hydrogen-bond donors (Lipinski definition) is 13. The smallest absolute Gasteiger partial charge is 0.326 e. The van der Waals surface area contributed by atoms with Crippen LogP contribution in [0.1, 0.15) is 126 Å². The number of hydrogen-bond acceptors (Lipinski definition) is 13. The second-order valence-corrected chi connectivity index (χ2v) is 19.7. The minimum Gasteiger partial charge on any atom is -0.481 e. The van der Waals surface area contributed by atoms with Crippen LogP contribution < -0.4 is 54.0 Å². The lowest BCUT2D eigenvalue weighted by Gasteiger charge is -2.31. The zero-order chi connectivity index (χ0) is 56.4. The molecule has 0 spiro atoms. The summed E-state index contributed by atoms with van der Waals surface area (Å²) in [5, 5.41) is 48.8. The number of aliphatic carboxylic acids is 3. The number of nitrogens with two attached hydrogens (primary N) is 2. The predicted octanol–water partition coefficient (Wildman–Crippen LogP) is -0.198. The first-order valence-electron chi connectivity index (χ1n) is 25.2. The van der Waals surface area contributed by atoms with Crippen LogP contribution in [-0.4, -0.2) is 141 Å². The molecule has 1 aromatic rings. The molecule has 0 aromatic heterocycles. The van der Waals surface area contributed by atoms with Crippen molar-refractivity contribution in [3.05, 3.63) is 35.9 Å². The van der Waals surface area contributed by atoms with E-state index >= 15 is 0 Å². The van der Waals surface area contributed by atoms with Crippen LogP contribution in [0.5, 0.6) is 0 Å². The van der Waals surface area contributed by atoms with E-state index < -0.39 is 157 Å². The maximum absolute atomic E-state index is 14.2. The zero-order valence-corrected chi connectivity index (χ0v) is 44.2. The van der Waals surface area contributed by atoms with Gasteiger partial charge in [-0.2, -0.15) is 0 Å². The highest BCUT2D eigenvalue weighted by Gasteiger charge is 2.37. The highest BCUT2D eigenvalue weighted by Crippen LogP contribution is 2.15. The zero-order valence-electron chi connectivity index (χ0n) is 44.2. The van der Waals surface area contributed by atoms with Crippen LogP contribution in [0.2, 0.25) is 0 Å². The van der Waals surface area contributed by atoms with E-state index in [9.17, 15) is 63.0 Å². The molecule has 0 heterocycles. The lowest BCUT2D eigenvalue weighted by atomic mass is 9.95. The monoisotopic (exact) mass is 1050 g/mol. The van der Waals surface area contributed by atoms with E-state index in [0.29, 0.717) is 24.8 Å². The molecule has 0 aliphatic heterocycles. The van der Waals surface area contributed by atoms with Gasteiger partial charge in [-0.05, 0) is 81.2 Å². The van der Waals surface area contributed by atoms with Crippen LogP contribution in [0.3, 0.4) is 0 Å². The second kappa shape index (κ2) is 33.2. The van der Waals surface area contributed by atoms with E-state index in [0.717, 1.165) is 0 Å². The van der Waals surface area contributed by atoms with E-state index in [1.807, 2.05) is 0 Å². The van der Waals surface area contributed by atoms with Crippen LogP contribution in [0.15, 0.2) is 30.3 Å². The van der Waals surface area contributed by atoms with Crippen molar-refractivity contribution in [2.24, 2.45) is 35.1 Å². The van der Waals surface area contributed by atoms with Crippen LogP contribution >= 0.6 is 0 Å². The maximum Gasteiger partial charge on any atom is 0.326 e. The Morgan fingerprint density at radius 2 is 0.946 bits per heavy atom. The van der Waals surface area contributed by atoms with Crippen molar-refractivity contribution in [3.8, 4) is 0 Å². The molecule has 0 saturated heterocycles. The van der Waals surface area contributed by atoms with Gasteiger partial charge in [-0.15, -0.1) is 0 Å². The first-order chi connectivity index (χ1) is 34.6. The molecule has 0 radical (unpaired) electrons. The van der Waals surface area contributed by atoms with Gasteiger partial charge in [0, 0.05) is 19.3 Å². The van der Waals surface area contributed by atoms with Gasteiger partial charge in [0.1, 0.15) is 48.3 Å². The molecule has 0 fully saturated rings. The van der Waals surface area contributed by atoms with Crippen molar-refractivity contribution in [1.29, 1.82) is 0 Å². The fraction of sp³-hybridized carbons (Fsp3) is 0.660. The molecular formula is C50H82N10O14. The molecule has 0 bridgehead atoms. The van der Waals surface area contributed by atoms with Crippen molar-refractivity contribution in [3.63, 3.8) is 0 Å².